The predicted molar refractivity (Wildman–Crippen MR) is 240 cm³/mol. The molecule has 1 atom stereocenters. The Morgan fingerprint density at radius 3 is 2.37 bits per heavy atom. The number of aryl methyl sites for hydroxylation is 2. The van der Waals surface area contributed by atoms with Crippen LogP contribution in [0, 0.1) is 17.3 Å². The lowest BCUT2D eigenvalue weighted by molar-refractivity contribution is -0.132. The Morgan fingerprint density at radius 2 is 1.65 bits per heavy atom. The van der Waals surface area contributed by atoms with E-state index in [2.05, 4.69) is 30.9 Å². The monoisotopic (exact) mass is 890 g/mol. The molecule has 1 unspecified atom stereocenters. The van der Waals surface area contributed by atoms with Crippen molar-refractivity contribution in [1.82, 2.24) is 38.7 Å². The maximum Gasteiger partial charge on any atom is 0.329 e. The number of nitrogens with zero attached hydrogens (tertiary/aromatic N) is 8. The number of likely N-dealkylation sites (tertiary alicyclic amines) is 2. The fourth-order valence-electron chi connectivity index (χ4n) is 11.4. The molecule has 13 nitrogen and oxygen atoms in total. The third-order valence-electron chi connectivity index (χ3n) is 15.6. The van der Waals surface area contributed by atoms with Crippen molar-refractivity contribution in [2.75, 3.05) is 32.7 Å². The van der Waals surface area contributed by atoms with Gasteiger partial charge in [-0.25, -0.2) is 18.6 Å². The minimum absolute atomic E-state index is 0.0201. The number of aromatic nitrogens is 6. The standard InChI is InChI=1S/C50H60F2N8O5/c1-56-46-35(3-2-4-42(46)60(49(56)64)41-14-13-39(61)27-44(41)63)29-58-23-18-50(19-24-58)16-21-57(22-17-50)28-33-8-11-38(12-9-33)59-30-36(45(55-59)47(51)52)26-43(62)40-31-65-48(54-40)34-15-20-53-37(25-34)10-7-32-5-6-32/h2-4,15,20,25,30-33,38,41,47H,5-14,16-19,21-24,26-29H2,1H3. The lowest BCUT2D eigenvalue weighted by atomic mass is 9.71. The van der Waals surface area contributed by atoms with Gasteiger partial charge in [0.1, 0.15) is 23.4 Å². The number of ketones is 3. The summed E-state index contributed by atoms with van der Waals surface area (Å²) in [6, 6.07) is 9.17. The van der Waals surface area contributed by atoms with Crippen LogP contribution in [0.2, 0.25) is 0 Å². The number of hydrogen-bond acceptors (Lipinski definition) is 10. The van der Waals surface area contributed by atoms with Gasteiger partial charge in [0.05, 0.1) is 29.5 Å². The number of oxazole rings is 1. The molecule has 1 aromatic carbocycles. The highest BCUT2D eigenvalue weighted by Gasteiger charge is 2.39. The van der Waals surface area contributed by atoms with E-state index in [9.17, 15) is 28.0 Å². The van der Waals surface area contributed by atoms with Crippen molar-refractivity contribution in [2.24, 2.45) is 24.3 Å². The Morgan fingerprint density at radius 1 is 0.908 bits per heavy atom. The molecule has 3 saturated carbocycles. The minimum atomic E-state index is -2.79. The molecular formula is C50H60F2N8O5. The average molecular weight is 891 g/mol. The summed E-state index contributed by atoms with van der Waals surface area (Å²) in [6.45, 7) is 5.99. The second kappa shape index (κ2) is 18.3. The second-order valence-electron chi connectivity index (χ2n) is 20.0. The van der Waals surface area contributed by atoms with E-state index in [1.54, 1.807) is 39.3 Å². The van der Waals surface area contributed by atoms with Crippen LogP contribution in [0.1, 0.15) is 141 Å². The van der Waals surface area contributed by atoms with Crippen LogP contribution >= 0.6 is 0 Å². The van der Waals surface area contributed by atoms with Crippen LogP contribution in [-0.2, 0) is 36.0 Å². The van der Waals surface area contributed by atoms with Crippen molar-refractivity contribution in [1.29, 1.82) is 0 Å². The van der Waals surface area contributed by atoms with Crippen molar-refractivity contribution in [3.63, 3.8) is 0 Å². The molecule has 0 bridgehead atoms. The average Bonchev–Trinajstić information content (AvgIpc) is 3.71. The number of benzene rings is 1. The van der Waals surface area contributed by atoms with Crippen LogP contribution in [0.15, 0.2) is 58.2 Å². The molecule has 3 aliphatic carbocycles. The maximum atomic E-state index is 14.3. The van der Waals surface area contributed by atoms with Gasteiger partial charge < -0.3 is 9.32 Å². The molecule has 0 N–H and O–H groups in total. The molecule has 10 rings (SSSR count). The third-order valence-corrected chi connectivity index (χ3v) is 15.6. The molecule has 65 heavy (non-hydrogen) atoms. The SMILES string of the molecule is Cn1c(=O)n(C2CCC(=O)CC2=O)c2cccc(CN3CCC4(CC3)CCN(CC3CCC(n5cc(CC(=O)c6coc(-c7ccnc(CCC8CC8)c7)n6)c(C(F)F)n5)CC3)CC4)c21. The first-order valence-electron chi connectivity index (χ1n) is 24.0. The number of Topliss-reactive ketones (excluding diaryl/α,β-unsaturated/α-hetero) is 3. The normalized spacial score (nSPS) is 23.3. The highest BCUT2D eigenvalue weighted by atomic mass is 19.3. The van der Waals surface area contributed by atoms with Crippen LogP contribution in [0.5, 0.6) is 0 Å². The van der Waals surface area contributed by atoms with E-state index in [0.29, 0.717) is 30.1 Å². The Balaban J connectivity index is 0.690. The smallest absolute Gasteiger partial charge is 0.329 e. The van der Waals surface area contributed by atoms with Crippen LogP contribution in [-0.4, -0.2) is 88.8 Å². The summed E-state index contributed by atoms with van der Waals surface area (Å²) in [6.07, 6.45) is 15.3. The van der Waals surface area contributed by atoms with Crippen molar-refractivity contribution in [3.8, 4) is 11.5 Å². The molecule has 344 valence electrons. The van der Waals surface area contributed by atoms with Crippen LogP contribution in [0.4, 0.5) is 8.78 Å². The van der Waals surface area contributed by atoms with Crippen LogP contribution in [0.25, 0.3) is 22.5 Å². The Kier molecular flexibility index (Phi) is 12.3. The molecule has 6 heterocycles. The number of halogens is 2. The van der Waals surface area contributed by atoms with Crippen molar-refractivity contribution in [2.45, 2.75) is 128 Å². The first kappa shape index (κ1) is 43.7. The summed E-state index contributed by atoms with van der Waals surface area (Å²) in [5, 5.41) is 4.35. The summed E-state index contributed by atoms with van der Waals surface area (Å²) >= 11 is 0. The minimum Gasteiger partial charge on any atom is -0.444 e. The number of rotatable bonds is 14. The van der Waals surface area contributed by atoms with Gasteiger partial charge in [-0.3, -0.25) is 38.1 Å². The Bertz CT molecular complexity index is 2620. The zero-order valence-corrected chi connectivity index (χ0v) is 37.4. The maximum absolute atomic E-state index is 14.3. The van der Waals surface area contributed by atoms with Gasteiger partial charge in [0, 0.05) is 62.2 Å². The summed E-state index contributed by atoms with van der Waals surface area (Å²) in [5.41, 5.74) is 4.59. The van der Waals surface area contributed by atoms with E-state index < -0.39 is 12.5 Å². The highest BCUT2D eigenvalue weighted by Crippen LogP contribution is 2.43. The quantitative estimate of drug-likeness (QED) is 0.0791. The molecule has 2 saturated heterocycles. The molecule has 1 spiro atoms. The zero-order chi connectivity index (χ0) is 44.8. The van der Waals surface area contributed by atoms with E-state index in [-0.39, 0.29) is 58.9 Å². The number of para-hydroxylation sites is 1. The molecule has 4 aromatic heterocycles. The highest BCUT2D eigenvalue weighted by molar-refractivity contribution is 6.03. The zero-order valence-electron chi connectivity index (χ0n) is 37.4. The number of carbonyl (C=O) groups excluding carboxylic acids is 3. The third kappa shape index (κ3) is 9.32. The van der Waals surface area contributed by atoms with Crippen LogP contribution in [0.3, 0.4) is 0 Å². The summed E-state index contributed by atoms with van der Waals surface area (Å²) in [5.74, 6) is 1.06. The predicted octanol–water partition coefficient (Wildman–Crippen LogP) is 8.26. The lowest BCUT2D eigenvalue weighted by Crippen LogP contribution is -2.47. The Labute approximate surface area is 377 Å². The lowest BCUT2D eigenvalue weighted by Gasteiger charge is -2.47. The fourth-order valence-corrected chi connectivity index (χ4v) is 11.4. The number of carbonyl (C=O) groups is 3. The summed E-state index contributed by atoms with van der Waals surface area (Å²) in [7, 11) is 1.78. The van der Waals surface area contributed by atoms with Gasteiger partial charge in [-0.15, -0.1) is 0 Å². The number of piperidine rings is 2. The van der Waals surface area contributed by atoms with Crippen molar-refractivity contribution >= 4 is 28.4 Å². The number of pyridine rings is 1. The molecule has 0 radical (unpaired) electrons. The molecule has 2 aliphatic heterocycles. The van der Waals surface area contributed by atoms with Gasteiger partial charge in [-0.05, 0) is 138 Å². The number of alkyl halides is 2. The van der Waals surface area contributed by atoms with Crippen LogP contribution < -0.4 is 5.69 Å². The van der Waals surface area contributed by atoms with Gasteiger partial charge in [-0.2, -0.15) is 5.10 Å². The van der Waals surface area contributed by atoms with E-state index in [1.165, 1.54) is 31.9 Å². The molecule has 5 fully saturated rings. The van der Waals surface area contributed by atoms with Gasteiger partial charge >= 0.3 is 5.69 Å². The topological polar surface area (TPSA) is 141 Å². The first-order chi connectivity index (χ1) is 31.5. The largest absolute Gasteiger partial charge is 0.444 e. The summed E-state index contributed by atoms with van der Waals surface area (Å²) < 4.78 is 39.2. The second-order valence-corrected chi connectivity index (χ2v) is 20.0. The number of imidazole rings is 1. The molecule has 0 amide bonds. The molecule has 5 aromatic rings. The fraction of sp³-hybridized carbons (Fsp3) is 0.580. The van der Waals surface area contributed by atoms with Gasteiger partial charge in [0.2, 0.25) is 5.89 Å². The van der Waals surface area contributed by atoms with Gasteiger partial charge in [-0.1, -0.05) is 25.0 Å². The summed E-state index contributed by atoms with van der Waals surface area (Å²) in [4.78, 5) is 65.6. The van der Waals surface area contributed by atoms with E-state index in [1.807, 2.05) is 18.2 Å². The van der Waals surface area contributed by atoms with Crippen molar-refractivity contribution in [3.05, 3.63) is 87.7 Å². The molecule has 5 aliphatic rings. The van der Waals surface area contributed by atoms with Gasteiger partial charge in [0.25, 0.3) is 6.43 Å². The molecular weight excluding hydrogens is 831 g/mol. The number of fused-ring (bicyclic) bond motifs is 1. The number of hydrogen-bond donors (Lipinski definition) is 0. The first-order valence-corrected chi connectivity index (χ1v) is 24.0. The van der Waals surface area contributed by atoms with Crippen molar-refractivity contribution < 1.29 is 27.6 Å². The van der Waals surface area contributed by atoms with Gasteiger partial charge in [0.15, 0.2) is 11.6 Å². The molecule has 15 heteroatoms. The van der Waals surface area contributed by atoms with E-state index in [0.717, 1.165) is 124 Å². The van der Waals surface area contributed by atoms with E-state index in [4.69, 9.17) is 4.42 Å². The Hall–Kier alpha value is -5.15. The van der Waals surface area contributed by atoms with E-state index >= 15 is 0 Å².